The van der Waals surface area contributed by atoms with Crippen molar-refractivity contribution >= 4 is 5.91 Å². The molecule has 5 nitrogen and oxygen atoms in total. The van der Waals surface area contributed by atoms with E-state index in [2.05, 4.69) is 22.4 Å². The van der Waals surface area contributed by atoms with E-state index >= 15 is 0 Å². The van der Waals surface area contributed by atoms with Crippen LogP contribution in [0.25, 0.3) is 0 Å². The molecule has 2 aliphatic rings. The van der Waals surface area contributed by atoms with Crippen molar-refractivity contribution in [3.63, 3.8) is 0 Å². The van der Waals surface area contributed by atoms with Crippen LogP contribution < -0.4 is 15.8 Å². The number of fused-ring (bicyclic) bond motifs is 1. The van der Waals surface area contributed by atoms with Crippen molar-refractivity contribution in [3.8, 4) is 11.6 Å². The summed E-state index contributed by atoms with van der Waals surface area (Å²) < 4.78 is 5.85. The summed E-state index contributed by atoms with van der Waals surface area (Å²) in [4.78, 5) is 15.3. The number of rotatable bonds is 7. The summed E-state index contributed by atoms with van der Waals surface area (Å²) in [6, 6.07) is 10.1. The van der Waals surface area contributed by atoms with Crippen LogP contribution in [0.3, 0.4) is 0 Å². The average Bonchev–Trinajstić information content (AvgIpc) is 3.11. The number of nitrogens with one attached hydrogen (secondary N) is 1. The highest BCUT2D eigenvalue weighted by molar-refractivity contribution is 5.92. The van der Waals surface area contributed by atoms with Gasteiger partial charge in [-0.05, 0) is 61.1 Å². The predicted molar refractivity (Wildman–Crippen MR) is 110 cm³/mol. The lowest BCUT2D eigenvalue weighted by atomic mass is 9.87. The molecular formula is C23H29N3O2. The second-order valence-electron chi connectivity index (χ2n) is 8.13. The third-order valence-electron chi connectivity index (χ3n) is 6.06. The molecule has 0 bridgehead atoms. The van der Waals surface area contributed by atoms with Crippen LogP contribution in [0.5, 0.6) is 11.6 Å². The number of amides is 1. The van der Waals surface area contributed by atoms with Gasteiger partial charge in [-0.3, -0.25) is 4.79 Å². The maximum atomic E-state index is 11.1. The Hall–Kier alpha value is -2.40. The van der Waals surface area contributed by atoms with Gasteiger partial charge in [-0.2, -0.15) is 0 Å². The van der Waals surface area contributed by atoms with E-state index in [1.165, 1.54) is 55.8 Å². The second kappa shape index (κ2) is 8.74. The van der Waals surface area contributed by atoms with Crippen LogP contribution >= 0.6 is 0 Å². The molecule has 0 spiro atoms. The lowest BCUT2D eigenvalue weighted by molar-refractivity contribution is 0.1000. The fourth-order valence-corrected chi connectivity index (χ4v) is 4.48. The van der Waals surface area contributed by atoms with Crippen molar-refractivity contribution in [2.24, 2.45) is 11.7 Å². The molecule has 1 amide bonds. The first kappa shape index (κ1) is 18.9. The smallest absolute Gasteiger partial charge is 0.250 e. The van der Waals surface area contributed by atoms with E-state index in [4.69, 9.17) is 10.5 Å². The number of hydrogen-bond donors (Lipinski definition) is 2. The van der Waals surface area contributed by atoms with Gasteiger partial charge in [0.2, 0.25) is 11.8 Å². The molecule has 148 valence electrons. The summed E-state index contributed by atoms with van der Waals surface area (Å²) in [7, 11) is 0. The van der Waals surface area contributed by atoms with Crippen molar-refractivity contribution < 1.29 is 9.53 Å². The molecular weight excluding hydrogens is 350 g/mol. The molecule has 1 atom stereocenters. The SMILES string of the molecule is NC(=O)c1ccc(Oc2ccc3c(c2)CC(NCCC2CCCCC2)C3)nc1. The van der Waals surface area contributed by atoms with Crippen molar-refractivity contribution in [3.05, 3.63) is 53.2 Å². The van der Waals surface area contributed by atoms with Gasteiger partial charge < -0.3 is 15.8 Å². The predicted octanol–water partition coefficient (Wildman–Crippen LogP) is 4.00. The number of primary amides is 1. The maximum Gasteiger partial charge on any atom is 0.250 e. The lowest BCUT2D eigenvalue weighted by Gasteiger charge is -2.22. The lowest BCUT2D eigenvalue weighted by Crippen LogP contribution is -2.31. The van der Waals surface area contributed by atoms with E-state index in [1.807, 2.05) is 6.07 Å². The summed E-state index contributed by atoms with van der Waals surface area (Å²) in [6.45, 7) is 1.13. The van der Waals surface area contributed by atoms with E-state index in [0.717, 1.165) is 31.1 Å². The summed E-state index contributed by atoms with van der Waals surface area (Å²) in [5.41, 5.74) is 8.37. The Labute approximate surface area is 166 Å². The molecule has 2 aromatic rings. The molecule has 1 unspecified atom stereocenters. The number of nitrogens with two attached hydrogens (primary N) is 1. The van der Waals surface area contributed by atoms with Gasteiger partial charge in [0, 0.05) is 18.3 Å². The highest BCUT2D eigenvalue weighted by atomic mass is 16.5. The fraction of sp³-hybridized carbons (Fsp3) is 0.478. The monoisotopic (exact) mass is 379 g/mol. The van der Waals surface area contributed by atoms with Crippen LogP contribution in [-0.4, -0.2) is 23.5 Å². The third-order valence-corrected chi connectivity index (χ3v) is 6.06. The van der Waals surface area contributed by atoms with E-state index in [0.29, 0.717) is 17.5 Å². The molecule has 4 rings (SSSR count). The highest BCUT2D eigenvalue weighted by Gasteiger charge is 2.22. The van der Waals surface area contributed by atoms with Gasteiger partial charge in [0.1, 0.15) is 5.75 Å². The molecule has 0 radical (unpaired) electrons. The Morgan fingerprint density at radius 1 is 1.11 bits per heavy atom. The first-order valence-electron chi connectivity index (χ1n) is 10.5. The minimum atomic E-state index is -0.487. The number of carbonyl (C=O) groups excluding carboxylic acids is 1. The molecule has 2 aliphatic carbocycles. The Balaban J connectivity index is 1.29. The van der Waals surface area contributed by atoms with Crippen LogP contribution in [0.1, 0.15) is 60.0 Å². The van der Waals surface area contributed by atoms with Crippen LogP contribution in [0.15, 0.2) is 36.5 Å². The van der Waals surface area contributed by atoms with Gasteiger partial charge in [-0.25, -0.2) is 4.98 Å². The second-order valence-corrected chi connectivity index (χ2v) is 8.13. The van der Waals surface area contributed by atoms with Crippen molar-refractivity contribution in [1.29, 1.82) is 0 Å². The highest BCUT2D eigenvalue weighted by Crippen LogP contribution is 2.29. The minimum absolute atomic E-state index is 0.378. The zero-order valence-corrected chi connectivity index (χ0v) is 16.3. The fourth-order valence-electron chi connectivity index (χ4n) is 4.48. The zero-order valence-electron chi connectivity index (χ0n) is 16.3. The van der Waals surface area contributed by atoms with Crippen LogP contribution in [0, 0.1) is 5.92 Å². The molecule has 1 fully saturated rings. The van der Waals surface area contributed by atoms with E-state index in [1.54, 1.807) is 12.1 Å². The zero-order chi connectivity index (χ0) is 19.3. The summed E-state index contributed by atoms with van der Waals surface area (Å²) in [5, 5.41) is 3.76. The van der Waals surface area contributed by atoms with E-state index in [-0.39, 0.29) is 0 Å². The van der Waals surface area contributed by atoms with Gasteiger partial charge in [-0.1, -0.05) is 38.2 Å². The quantitative estimate of drug-likeness (QED) is 0.762. The number of nitrogens with zero attached hydrogens (tertiary/aromatic N) is 1. The van der Waals surface area contributed by atoms with E-state index < -0.39 is 5.91 Å². The largest absolute Gasteiger partial charge is 0.439 e. The first-order chi connectivity index (χ1) is 13.7. The number of benzene rings is 1. The van der Waals surface area contributed by atoms with Crippen molar-refractivity contribution in [2.45, 2.75) is 57.4 Å². The molecule has 1 aromatic heterocycles. The van der Waals surface area contributed by atoms with Gasteiger partial charge >= 0.3 is 0 Å². The molecule has 3 N–H and O–H groups in total. The molecule has 5 heteroatoms. The van der Waals surface area contributed by atoms with Gasteiger partial charge in [0.15, 0.2) is 0 Å². The molecule has 0 aliphatic heterocycles. The number of carbonyl (C=O) groups is 1. The molecule has 1 aromatic carbocycles. The van der Waals surface area contributed by atoms with E-state index in [9.17, 15) is 4.79 Å². The van der Waals surface area contributed by atoms with Crippen LogP contribution in [-0.2, 0) is 12.8 Å². The Morgan fingerprint density at radius 3 is 2.68 bits per heavy atom. The Bertz CT molecular complexity index is 813. The molecule has 1 heterocycles. The summed E-state index contributed by atoms with van der Waals surface area (Å²) >= 11 is 0. The number of pyridine rings is 1. The maximum absolute atomic E-state index is 11.1. The standard InChI is InChI=1S/C23H29N3O2/c24-23(27)18-7-9-22(26-15-18)28-21-8-6-17-12-20(13-19(17)14-21)25-11-10-16-4-2-1-3-5-16/h6-9,14-16,20,25H,1-5,10-13H2,(H2,24,27). The normalized spacial score (nSPS) is 19.4. The Kier molecular flexibility index (Phi) is 5.91. The number of hydrogen-bond acceptors (Lipinski definition) is 4. The van der Waals surface area contributed by atoms with Crippen molar-refractivity contribution in [1.82, 2.24) is 10.3 Å². The third kappa shape index (κ3) is 4.71. The summed E-state index contributed by atoms with van der Waals surface area (Å²) in [5.74, 6) is 1.68. The van der Waals surface area contributed by atoms with Gasteiger partial charge in [-0.15, -0.1) is 0 Å². The van der Waals surface area contributed by atoms with Crippen LogP contribution in [0.4, 0.5) is 0 Å². The number of aromatic nitrogens is 1. The molecule has 1 saturated carbocycles. The molecule has 0 saturated heterocycles. The van der Waals surface area contributed by atoms with Gasteiger partial charge in [0.25, 0.3) is 0 Å². The first-order valence-corrected chi connectivity index (χ1v) is 10.5. The number of ether oxygens (including phenoxy) is 1. The minimum Gasteiger partial charge on any atom is -0.439 e. The summed E-state index contributed by atoms with van der Waals surface area (Å²) in [6.07, 6.45) is 12.0. The molecule has 28 heavy (non-hydrogen) atoms. The van der Waals surface area contributed by atoms with Gasteiger partial charge in [0.05, 0.1) is 5.56 Å². The van der Waals surface area contributed by atoms with Crippen LogP contribution in [0.2, 0.25) is 0 Å². The average molecular weight is 380 g/mol. The topological polar surface area (TPSA) is 77.2 Å². The Morgan fingerprint density at radius 2 is 1.93 bits per heavy atom. The van der Waals surface area contributed by atoms with Crippen molar-refractivity contribution in [2.75, 3.05) is 6.54 Å².